The van der Waals surface area contributed by atoms with E-state index < -0.39 is 0 Å². The van der Waals surface area contributed by atoms with Gasteiger partial charge < -0.3 is 19.7 Å². The number of para-hydroxylation sites is 2. The molecule has 0 aromatic heterocycles. The molecule has 2 rings (SSSR count). The topological polar surface area (TPSA) is 66.8 Å². The molecule has 0 saturated carbocycles. The van der Waals surface area contributed by atoms with Crippen LogP contribution in [-0.4, -0.2) is 30.7 Å². The molecule has 0 bridgehead atoms. The molecule has 0 aliphatic rings. The van der Waals surface area contributed by atoms with E-state index in [1.54, 1.807) is 62.8 Å². The molecule has 4 nitrogen and oxygen atoms in total. The van der Waals surface area contributed by atoms with Crippen molar-refractivity contribution in [2.24, 2.45) is 0 Å². The Morgan fingerprint density at radius 2 is 0.889 bits per heavy atom. The third kappa shape index (κ3) is 59.5. The number of benzene rings is 2. The summed E-state index contributed by atoms with van der Waals surface area (Å²) < 4.78 is 4.25. The van der Waals surface area contributed by atoms with Crippen LogP contribution in [0.4, 0.5) is 0 Å². The summed E-state index contributed by atoms with van der Waals surface area (Å²) in [6.07, 6.45) is 2.00. The molecule has 0 radical (unpaired) electrons. The van der Waals surface area contributed by atoms with Crippen molar-refractivity contribution in [1.29, 1.82) is 0 Å². The van der Waals surface area contributed by atoms with Gasteiger partial charge in [0.05, 0.1) is 0 Å². The van der Waals surface area contributed by atoms with Crippen molar-refractivity contribution in [1.82, 2.24) is 0 Å². The Morgan fingerprint density at radius 1 is 0.741 bits per heavy atom. The molecule has 27 heavy (non-hydrogen) atoms. The molecule has 0 aliphatic carbocycles. The lowest BCUT2D eigenvalue weighted by atomic mass is 10.3. The predicted molar refractivity (Wildman–Crippen MR) is 120 cm³/mol. The number of hydrogen-bond acceptors (Lipinski definition) is 4. The van der Waals surface area contributed by atoms with Gasteiger partial charge in [0, 0.05) is 14.2 Å². The summed E-state index contributed by atoms with van der Waals surface area (Å²) >= 11 is 0. The van der Waals surface area contributed by atoms with Crippen LogP contribution in [0.5, 0.6) is 11.5 Å². The number of hydrogen-bond donors (Lipinski definition) is 2. The van der Waals surface area contributed by atoms with E-state index >= 15 is 0 Å². The number of carbonyl (C=O) groups is 1. The van der Waals surface area contributed by atoms with Gasteiger partial charge in [-0.05, 0) is 31.2 Å². The Morgan fingerprint density at radius 3 is 0.963 bits per heavy atom. The van der Waals surface area contributed by atoms with E-state index in [9.17, 15) is 0 Å². The molecule has 4 heteroatoms. The maximum absolute atomic E-state index is 8.81. The summed E-state index contributed by atoms with van der Waals surface area (Å²) in [4.78, 5) is 8.81. The second kappa shape index (κ2) is 43.8. The van der Waals surface area contributed by atoms with Gasteiger partial charge in [-0.2, -0.15) is 0 Å². The summed E-state index contributed by atoms with van der Waals surface area (Å²) in [5.74, 6) is 0.644. The molecule has 0 unspecified atom stereocenters. The lowest BCUT2D eigenvalue weighted by Gasteiger charge is -1.82. The van der Waals surface area contributed by atoms with E-state index in [1.807, 2.05) is 39.8 Å². The van der Waals surface area contributed by atoms with Crippen LogP contribution in [-0.2, 0) is 9.53 Å². The Hall–Kier alpha value is -2.33. The van der Waals surface area contributed by atoms with E-state index in [1.165, 1.54) is 13.3 Å². The number of phenolic OH excluding ortho intramolecular Hbond substituents is 2. The maximum atomic E-state index is 8.81. The minimum atomic E-state index is 0.322. The number of phenols is 2. The highest BCUT2D eigenvalue weighted by Crippen LogP contribution is 2.03. The first-order valence-electron chi connectivity index (χ1n) is 9.31. The van der Waals surface area contributed by atoms with Crippen LogP contribution in [0.3, 0.4) is 0 Å². The van der Waals surface area contributed by atoms with Crippen LogP contribution in [0.2, 0.25) is 0 Å². The second-order valence-corrected chi connectivity index (χ2v) is 4.02. The van der Waals surface area contributed by atoms with E-state index in [2.05, 4.69) is 18.6 Å². The number of aromatic hydroxyl groups is 2. The number of carbonyl (C=O) groups excluding carboxylic acids is 1. The van der Waals surface area contributed by atoms with Gasteiger partial charge >= 0.3 is 0 Å². The third-order valence-electron chi connectivity index (χ3n) is 1.51. The molecule has 2 N–H and O–H groups in total. The first-order valence-corrected chi connectivity index (χ1v) is 9.31. The minimum Gasteiger partial charge on any atom is -0.508 e. The average Bonchev–Trinajstić information content (AvgIpc) is 2.69. The fourth-order valence-electron chi connectivity index (χ4n) is 0.856. The smallest absolute Gasteiger partial charge is 0.116 e. The second-order valence-electron chi connectivity index (χ2n) is 4.02. The molecule has 2 aromatic carbocycles. The number of methoxy groups -OCH3 is 1. The van der Waals surface area contributed by atoms with Crippen molar-refractivity contribution in [3.63, 3.8) is 0 Å². The zero-order valence-electron chi connectivity index (χ0n) is 18.8. The van der Waals surface area contributed by atoms with Gasteiger partial charge in [-0.3, -0.25) is 0 Å². The Bertz CT molecular complexity index is 377. The van der Waals surface area contributed by atoms with Crippen LogP contribution in [0.1, 0.15) is 54.9 Å². The summed E-state index contributed by atoms with van der Waals surface area (Å²) in [6.45, 7) is 13.7. The Balaban J connectivity index is -0.0000000755. The molecule has 0 saturated heterocycles. The van der Waals surface area contributed by atoms with Crippen molar-refractivity contribution in [2.75, 3.05) is 14.2 Å². The van der Waals surface area contributed by atoms with E-state index in [0.717, 1.165) is 6.29 Å². The first-order chi connectivity index (χ1) is 13.0. The van der Waals surface area contributed by atoms with Gasteiger partial charge in [0.25, 0.3) is 0 Å². The summed E-state index contributed by atoms with van der Waals surface area (Å²) in [5, 5.41) is 17.3. The lowest BCUT2D eigenvalue weighted by molar-refractivity contribution is -0.106. The number of rotatable bonds is 0. The zero-order chi connectivity index (χ0) is 22.3. The molecule has 0 aliphatic heterocycles. The summed E-state index contributed by atoms with van der Waals surface area (Å²) in [5.41, 5.74) is 0. The van der Waals surface area contributed by atoms with Gasteiger partial charge in [0.1, 0.15) is 17.8 Å². The SMILES string of the molecule is CC.CC.CC=O.CCC.COC.Oc1ccccc1.Oc1ccccc1. The van der Waals surface area contributed by atoms with Gasteiger partial charge in [-0.15, -0.1) is 0 Å². The monoisotopic (exact) mass is 382 g/mol. The molecule has 158 valence electrons. The molecular formula is C23H42O4. The molecule has 0 heterocycles. The predicted octanol–water partition coefficient (Wildman–Crippen LogP) is 6.72. The Labute approximate surface area is 167 Å². The quantitative estimate of drug-likeness (QED) is 0.496. The number of aldehydes is 1. The van der Waals surface area contributed by atoms with Crippen molar-refractivity contribution < 1.29 is 19.7 Å². The van der Waals surface area contributed by atoms with Gasteiger partial charge in [-0.25, -0.2) is 0 Å². The van der Waals surface area contributed by atoms with E-state index in [4.69, 9.17) is 15.0 Å². The minimum absolute atomic E-state index is 0.322. The van der Waals surface area contributed by atoms with Crippen molar-refractivity contribution in [3.05, 3.63) is 60.7 Å². The van der Waals surface area contributed by atoms with Crippen molar-refractivity contribution in [3.8, 4) is 11.5 Å². The Kier molecular flexibility index (Phi) is 57.9. The standard InChI is InChI=1S/2C6H6O.C3H8.C2H6O.C2H4O.2C2H6/c2*7-6-4-2-1-3-5-6;2*1-3-2;1-2-3;2*1-2/h2*1-5,7H;3H2,1-2H3;1-2H3;2H,1H3;2*1-2H3. The van der Waals surface area contributed by atoms with Crippen LogP contribution < -0.4 is 0 Å². The van der Waals surface area contributed by atoms with Crippen LogP contribution in [0, 0.1) is 0 Å². The normalized spacial score (nSPS) is 6.70. The molecule has 2 aromatic rings. The van der Waals surface area contributed by atoms with Gasteiger partial charge in [-0.1, -0.05) is 84.4 Å². The highest BCUT2D eigenvalue weighted by Gasteiger charge is 1.75. The molecule has 0 fully saturated rings. The van der Waals surface area contributed by atoms with Crippen LogP contribution >= 0.6 is 0 Å². The maximum Gasteiger partial charge on any atom is 0.116 e. The van der Waals surface area contributed by atoms with Crippen molar-refractivity contribution in [2.45, 2.75) is 54.9 Å². The largest absolute Gasteiger partial charge is 0.508 e. The summed E-state index contributed by atoms with van der Waals surface area (Å²) in [7, 11) is 3.25. The fourth-order valence-corrected chi connectivity index (χ4v) is 0.856. The fraction of sp³-hybridized carbons (Fsp3) is 0.435. The third-order valence-corrected chi connectivity index (χ3v) is 1.51. The highest BCUT2D eigenvalue weighted by atomic mass is 16.4. The van der Waals surface area contributed by atoms with Crippen LogP contribution in [0.25, 0.3) is 0 Å². The van der Waals surface area contributed by atoms with Crippen LogP contribution in [0.15, 0.2) is 60.7 Å². The molecule has 0 atom stereocenters. The molecule has 0 spiro atoms. The van der Waals surface area contributed by atoms with Crippen molar-refractivity contribution >= 4 is 6.29 Å². The lowest BCUT2D eigenvalue weighted by Crippen LogP contribution is -1.56. The van der Waals surface area contributed by atoms with E-state index in [-0.39, 0.29) is 0 Å². The first kappa shape index (κ1) is 35.7. The number of ether oxygens (including phenoxy) is 1. The van der Waals surface area contributed by atoms with Gasteiger partial charge in [0.2, 0.25) is 0 Å². The average molecular weight is 383 g/mol. The zero-order valence-corrected chi connectivity index (χ0v) is 18.8. The van der Waals surface area contributed by atoms with Gasteiger partial charge in [0.15, 0.2) is 0 Å². The van der Waals surface area contributed by atoms with E-state index in [0.29, 0.717) is 11.5 Å². The molecular weight excluding hydrogens is 340 g/mol. The summed E-state index contributed by atoms with van der Waals surface area (Å²) in [6, 6.07) is 17.4. The molecule has 0 amide bonds. The highest BCUT2D eigenvalue weighted by molar-refractivity contribution is 5.44.